The number of aliphatic carboxylic acids is 1. The molecule has 1 amide bonds. The van der Waals surface area contributed by atoms with Gasteiger partial charge in [-0.3, -0.25) is 4.79 Å². The molecule has 1 aliphatic rings. The predicted molar refractivity (Wildman–Crippen MR) is 59.0 cm³/mol. The molecule has 2 rings (SSSR count). The second kappa shape index (κ2) is 5.22. The smallest absolute Gasteiger partial charge is 0.229 e. The fourth-order valence-electron chi connectivity index (χ4n) is 2.15. The van der Waals surface area contributed by atoms with Gasteiger partial charge in [0.1, 0.15) is 5.51 Å². The normalized spacial score (nSPS) is 24.2. The lowest BCUT2D eigenvalue weighted by Gasteiger charge is -2.30. The third-order valence-corrected chi connectivity index (χ3v) is 3.60. The summed E-state index contributed by atoms with van der Waals surface area (Å²) in [6, 6.07) is 0. The van der Waals surface area contributed by atoms with E-state index in [1.165, 1.54) is 16.8 Å². The van der Waals surface area contributed by atoms with Crippen molar-refractivity contribution in [2.75, 3.05) is 5.32 Å². The second-order valence-corrected chi connectivity index (χ2v) is 4.88. The van der Waals surface area contributed by atoms with Crippen molar-refractivity contribution in [1.29, 1.82) is 0 Å². The maximum absolute atomic E-state index is 11.9. The number of hydrogen-bond acceptors (Lipinski definition) is 6. The molecular formula is C10H12N3O3S-. The zero-order valence-corrected chi connectivity index (χ0v) is 9.90. The summed E-state index contributed by atoms with van der Waals surface area (Å²) in [5.74, 6) is -2.63. The molecule has 1 aliphatic carbocycles. The number of aromatic nitrogens is 2. The molecule has 1 fully saturated rings. The number of rotatable bonds is 3. The molecule has 0 bridgehead atoms. The fraction of sp³-hybridized carbons (Fsp3) is 0.600. The molecule has 2 atom stereocenters. The zero-order valence-electron chi connectivity index (χ0n) is 9.09. The molecule has 0 saturated heterocycles. The molecule has 92 valence electrons. The Morgan fingerprint density at radius 2 is 2.06 bits per heavy atom. The summed E-state index contributed by atoms with van der Waals surface area (Å²) in [7, 11) is 0. The predicted octanol–water partition coefficient (Wildman–Crippen LogP) is 0.0329. The number of nitrogens with one attached hydrogen (secondary N) is 1. The van der Waals surface area contributed by atoms with Gasteiger partial charge in [0.25, 0.3) is 0 Å². The van der Waals surface area contributed by atoms with Crippen LogP contribution in [-0.4, -0.2) is 22.1 Å². The van der Waals surface area contributed by atoms with E-state index in [-0.39, 0.29) is 5.91 Å². The fourth-order valence-corrected chi connectivity index (χ4v) is 2.60. The van der Waals surface area contributed by atoms with E-state index in [0.29, 0.717) is 18.0 Å². The van der Waals surface area contributed by atoms with Crippen molar-refractivity contribution >= 4 is 28.3 Å². The third kappa shape index (κ3) is 2.79. The van der Waals surface area contributed by atoms with Crippen LogP contribution in [-0.2, 0) is 9.59 Å². The number of carbonyl (C=O) groups is 2. The highest BCUT2D eigenvalue weighted by Gasteiger charge is 2.32. The quantitative estimate of drug-likeness (QED) is 0.821. The average molecular weight is 254 g/mol. The first-order valence-corrected chi connectivity index (χ1v) is 6.34. The van der Waals surface area contributed by atoms with Gasteiger partial charge in [0, 0.05) is 17.8 Å². The molecule has 0 spiro atoms. The molecule has 17 heavy (non-hydrogen) atoms. The van der Waals surface area contributed by atoms with E-state index < -0.39 is 17.8 Å². The SMILES string of the molecule is O=C([O-])[C@@H]1CCCC[C@H]1C(=O)Nc1nncs1. The zero-order chi connectivity index (χ0) is 12.3. The number of hydrogen-bond donors (Lipinski definition) is 1. The highest BCUT2D eigenvalue weighted by Crippen LogP contribution is 2.30. The largest absolute Gasteiger partial charge is 0.550 e. The van der Waals surface area contributed by atoms with Crippen LogP contribution < -0.4 is 10.4 Å². The first-order valence-electron chi connectivity index (χ1n) is 5.46. The number of carboxylic acids is 1. The average Bonchev–Trinajstić information content (AvgIpc) is 2.81. The van der Waals surface area contributed by atoms with Crippen molar-refractivity contribution in [3.8, 4) is 0 Å². The minimum atomic E-state index is -1.14. The number of carbonyl (C=O) groups excluding carboxylic acids is 2. The number of amides is 1. The summed E-state index contributed by atoms with van der Waals surface area (Å²) in [5, 5.41) is 21.2. The molecule has 6 nitrogen and oxygen atoms in total. The van der Waals surface area contributed by atoms with Crippen LogP contribution in [0, 0.1) is 11.8 Å². The Hall–Kier alpha value is -1.50. The van der Waals surface area contributed by atoms with Crippen molar-refractivity contribution in [1.82, 2.24) is 10.2 Å². The molecule has 0 unspecified atom stereocenters. The minimum absolute atomic E-state index is 0.296. The highest BCUT2D eigenvalue weighted by atomic mass is 32.1. The summed E-state index contributed by atoms with van der Waals surface area (Å²) < 4.78 is 0. The second-order valence-electron chi connectivity index (χ2n) is 4.05. The molecule has 0 aliphatic heterocycles. The van der Waals surface area contributed by atoms with E-state index in [1.807, 2.05) is 0 Å². The van der Waals surface area contributed by atoms with Gasteiger partial charge in [0.05, 0.1) is 0 Å². The van der Waals surface area contributed by atoms with E-state index in [4.69, 9.17) is 0 Å². The minimum Gasteiger partial charge on any atom is -0.550 e. The van der Waals surface area contributed by atoms with E-state index in [9.17, 15) is 14.7 Å². The highest BCUT2D eigenvalue weighted by molar-refractivity contribution is 7.13. The van der Waals surface area contributed by atoms with E-state index in [1.54, 1.807) is 0 Å². The Labute approximate surface area is 102 Å². The van der Waals surface area contributed by atoms with Crippen LogP contribution in [0.3, 0.4) is 0 Å². The van der Waals surface area contributed by atoms with Crippen LogP contribution in [0.1, 0.15) is 25.7 Å². The number of nitrogens with zero attached hydrogens (tertiary/aromatic N) is 2. The van der Waals surface area contributed by atoms with Gasteiger partial charge < -0.3 is 15.2 Å². The van der Waals surface area contributed by atoms with Crippen LogP contribution >= 0.6 is 11.3 Å². The van der Waals surface area contributed by atoms with E-state index in [2.05, 4.69) is 15.5 Å². The topological polar surface area (TPSA) is 95.0 Å². The summed E-state index contributed by atoms with van der Waals surface area (Å²) in [6.45, 7) is 0. The molecule has 1 aromatic rings. The maximum Gasteiger partial charge on any atom is 0.229 e. The Kier molecular flexibility index (Phi) is 3.68. The summed E-state index contributed by atoms with van der Waals surface area (Å²) in [5.41, 5.74) is 1.51. The van der Waals surface area contributed by atoms with Gasteiger partial charge in [0.15, 0.2) is 0 Å². The molecule has 1 N–H and O–H groups in total. The van der Waals surface area contributed by atoms with Crippen LogP contribution in [0.5, 0.6) is 0 Å². The molecule has 1 saturated carbocycles. The van der Waals surface area contributed by atoms with Crippen LogP contribution in [0.25, 0.3) is 0 Å². The van der Waals surface area contributed by atoms with Crippen LogP contribution in [0.15, 0.2) is 5.51 Å². The van der Waals surface area contributed by atoms with Crippen LogP contribution in [0.2, 0.25) is 0 Å². The lowest BCUT2D eigenvalue weighted by molar-refractivity contribution is -0.313. The Morgan fingerprint density at radius 1 is 1.35 bits per heavy atom. The molecule has 1 aromatic heterocycles. The van der Waals surface area contributed by atoms with Crippen molar-refractivity contribution < 1.29 is 14.7 Å². The van der Waals surface area contributed by atoms with Crippen LogP contribution in [0.4, 0.5) is 5.13 Å². The molecular weight excluding hydrogens is 242 g/mol. The van der Waals surface area contributed by atoms with Gasteiger partial charge in [-0.05, 0) is 12.8 Å². The lowest BCUT2D eigenvalue weighted by atomic mass is 9.79. The van der Waals surface area contributed by atoms with Gasteiger partial charge in [0.2, 0.25) is 11.0 Å². The first-order chi connectivity index (χ1) is 8.18. The van der Waals surface area contributed by atoms with Gasteiger partial charge >= 0.3 is 0 Å². The Balaban J connectivity index is 2.03. The first kappa shape index (κ1) is 12.0. The number of anilines is 1. The standard InChI is InChI=1S/C10H13N3O3S/c14-8(12-10-13-11-5-17-10)6-3-1-2-4-7(6)9(15)16/h5-7H,1-4H2,(H,15,16)(H,12,13,14)/p-1/t6-,7-/m1/s1. The molecule has 0 radical (unpaired) electrons. The maximum atomic E-state index is 11.9. The Morgan fingerprint density at radius 3 is 2.65 bits per heavy atom. The van der Waals surface area contributed by atoms with Crippen molar-refractivity contribution in [2.45, 2.75) is 25.7 Å². The lowest BCUT2D eigenvalue weighted by Crippen LogP contribution is -2.42. The summed E-state index contributed by atoms with van der Waals surface area (Å²) in [4.78, 5) is 22.9. The number of carboxylic acid groups (broad SMARTS) is 1. The molecule has 7 heteroatoms. The molecule has 0 aromatic carbocycles. The van der Waals surface area contributed by atoms with Crippen molar-refractivity contribution in [3.63, 3.8) is 0 Å². The van der Waals surface area contributed by atoms with E-state index >= 15 is 0 Å². The van der Waals surface area contributed by atoms with Crippen molar-refractivity contribution in [3.05, 3.63) is 5.51 Å². The third-order valence-electron chi connectivity index (χ3n) is 3.00. The van der Waals surface area contributed by atoms with Gasteiger partial charge in [-0.2, -0.15) is 0 Å². The monoisotopic (exact) mass is 254 g/mol. The van der Waals surface area contributed by atoms with Crippen molar-refractivity contribution in [2.24, 2.45) is 11.8 Å². The van der Waals surface area contributed by atoms with E-state index in [0.717, 1.165) is 12.8 Å². The molecule has 1 heterocycles. The summed E-state index contributed by atoms with van der Waals surface area (Å²) in [6.07, 6.45) is 2.80. The van der Waals surface area contributed by atoms with Gasteiger partial charge in [-0.25, -0.2) is 0 Å². The Bertz CT molecular complexity index is 407. The summed E-state index contributed by atoms with van der Waals surface area (Å²) >= 11 is 1.21. The van der Waals surface area contributed by atoms with Gasteiger partial charge in [-0.15, -0.1) is 10.2 Å². The van der Waals surface area contributed by atoms with Gasteiger partial charge in [-0.1, -0.05) is 24.2 Å².